The molecule has 1 aliphatic carbocycles. The maximum absolute atomic E-state index is 12.4. The first-order valence-corrected chi connectivity index (χ1v) is 9.76. The zero-order valence-electron chi connectivity index (χ0n) is 15.4. The molecule has 1 aliphatic heterocycles. The molecule has 0 unspecified atom stereocenters. The van der Waals surface area contributed by atoms with Crippen molar-refractivity contribution in [2.45, 2.75) is 57.7 Å². The van der Waals surface area contributed by atoms with Crippen LogP contribution in [-0.2, 0) is 16.1 Å². The van der Waals surface area contributed by atoms with E-state index in [1.807, 2.05) is 4.90 Å². The third-order valence-electron chi connectivity index (χ3n) is 5.44. The zero-order chi connectivity index (χ0) is 18.5. The number of aromatic nitrogens is 4. The Labute approximate surface area is 158 Å². The van der Waals surface area contributed by atoms with Crippen LogP contribution in [0.2, 0.25) is 0 Å². The fourth-order valence-electron chi connectivity index (χ4n) is 3.88. The van der Waals surface area contributed by atoms with Crippen molar-refractivity contribution >= 4 is 5.91 Å². The van der Waals surface area contributed by atoms with E-state index < -0.39 is 0 Å². The number of hydrogen-bond acceptors (Lipinski definition) is 7. The number of ether oxygens (including phenoxy) is 1. The topological polar surface area (TPSA) is 94.2 Å². The van der Waals surface area contributed by atoms with Gasteiger partial charge in [0.25, 0.3) is 5.89 Å². The molecule has 2 aromatic heterocycles. The van der Waals surface area contributed by atoms with Crippen LogP contribution in [-0.4, -0.2) is 50.1 Å². The second kappa shape index (κ2) is 8.56. The Kier molecular flexibility index (Phi) is 5.72. The summed E-state index contributed by atoms with van der Waals surface area (Å²) in [4.78, 5) is 26.9. The molecule has 1 amide bonds. The minimum absolute atomic E-state index is 0.118. The lowest BCUT2D eigenvalue weighted by molar-refractivity contribution is -0.135. The third-order valence-corrected chi connectivity index (χ3v) is 5.44. The number of likely N-dealkylation sites (tertiary alicyclic amines) is 1. The molecule has 0 atom stereocenters. The van der Waals surface area contributed by atoms with E-state index in [1.165, 1.54) is 25.7 Å². The molecule has 8 heteroatoms. The Morgan fingerprint density at radius 2 is 2.00 bits per heavy atom. The van der Waals surface area contributed by atoms with E-state index in [0.29, 0.717) is 29.2 Å². The van der Waals surface area contributed by atoms with Crippen LogP contribution in [0.25, 0.3) is 11.5 Å². The maximum atomic E-state index is 12.4. The summed E-state index contributed by atoms with van der Waals surface area (Å²) < 4.78 is 11.1. The summed E-state index contributed by atoms with van der Waals surface area (Å²) in [6, 6.07) is 0. The molecule has 2 aliphatic rings. The zero-order valence-corrected chi connectivity index (χ0v) is 15.4. The highest BCUT2D eigenvalue weighted by Crippen LogP contribution is 2.28. The SMILES string of the molecule is O=C(CC1CCCC1)N1CCC(OCc2nc(-c3cnccn3)no2)CC1. The van der Waals surface area contributed by atoms with Gasteiger partial charge in [0.2, 0.25) is 11.7 Å². The van der Waals surface area contributed by atoms with E-state index in [0.717, 1.165) is 32.4 Å². The molecule has 27 heavy (non-hydrogen) atoms. The van der Waals surface area contributed by atoms with Gasteiger partial charge in [-0.3, -0.25) is 9.78 Å². The van der Waals surface area contributed by atoms with Gasteiger partial charge in [-0.15, -0.1) is 0 Å². The highest BCUT2D eigenvalue weighted by atomic mass is 16.5. The van der Waals surface area contributed by atoms with Gasteiger partial charge in [0.1, 0.15) is 12.3 Å². The highest BCUT2D eigenvalue weighted by Gasteiger charge is 2.26. The summed E-state index contributed by atoms with van der Waals surface area (Å²) in [7, 11) is 0. The van der Waals surface area contributed by atoms with Gasteiger partial charge in [0, 0.05) is 31.9 Å². The van der Waals surface area contributed by atoms with Crippen molar-refractivity contribution in [1.29, 1.82) is 0 Å². The fourth-order valence-corrected chi connectivity index (χ4v) is 3.88. The largest absolute Gasteiger partial charge is 0.368 e. The number of amides is 1. The molecule has 1 saturated carbocycles. The Balaban J connectivity index is 1.21. The van der Waals surface area contributed by atoms with Gasteiger partial charge in [-0.25, -0.2) is 4.98 Å². The van der Waals surface area contributed by atoms with Crippen LogP contribution in [0.3, 0.4) is 0 Å². The van der Waals surface area contributed by atoms with Gasteiger partial charge in [0.15, 0.2) is 0 Å². The van der Waals surface area contributed by atoms with Gasteiger partial charge >= 0.3 is 0 Å². The molecule has 4 rings (SSSR count). The number of piperidine rings is 1. The Bertz CT molecular complexity index is 737. The molecule has 0 N–H and O–H groups in total. The summed E-state index contributed by atoms with van der Waals surface area (Å²) in [5.41, 5.74) is 0.571. The summed E-state index contributed by atoms with van der Waals surface area (Å²) >= 11 is 0. The monoisotopic (exact) mass is 371 g/mol. The average Bonchev–Trinajstić information content (AvgIpc) is 3.39. The van der Waals surface area contributed by atoms with Crippen LogP contribution in [0.4, 0.5) is 0 Å². The van der Waals surface area contributed by atoms with Crippen molar-refractivity contribution < 1.29 is 14.1 Å². The van der Waals surface area contributed by atoms with Crippen molar-refractivity contribution in [2.75, 3.05) is 13.1 Å². The van der Waals surface area contributed by atoms with Crippen LogP contribution < -0.4 is 0 Å². The number of nitrogens with zero attached hydrogens (tertiary/aromatic N) is 5. The van der Waals surface area contributed by atoms with Crippen LogP contribution in [0.1, 0.15) is 50.8 Å². The second-order valence-corrected chi connectivity index (χ2v) is 7.35. The van der Waals surface area contributed by atoms with Crippen LogP contribution in [0.15, 0.2) is 23.1 Å². The first-order chi connectivity index (χ1) is 13.3. The third kappa shape index (κ3) is 4.68. The van der Waals surface area contributed by atoms with Crippen molar-refractivity contribution in [3.63, 3.8) is 0 Å². The molecular formula is C19H25N5O3. The summed E-state index contributed by atoms with van der Waals surface area (Å²) in [5, 5.41) is 3.91. The second-order valence-electron chi connectivity index (χ2n) is 7.35. The van der Waals surface area contributed by atoms with Gasteiger partial charge in [-0.2, -0.15) is 4.98 Å². The molecule has 8 nitrogen and oxygen atoms in total. The lowest BCUT2D eigenvalue weighted by atomic mass is 10.0. The number of carbonyl (C=O) groups excluding carboxylic acids is 1. The predicted molar refractivity (Wildman–Crippen MR) is 96.3 cm³/mol. The van der Waals surface area contributed by atoms with Gasteiger partial charge in [-0.1, -0.05) is 18.0 Å². The molecule has 0 bridgehead atoms. The standard InChI is InChI=1S/C19H25N5O3/c25-18(11-14-3-1-2-4-14)24-9-5-15(6-10-24)26-13-17-22-19(23-27-17)16-12-20-7-8-21-16/h7-8,12,14-15H,1-6,9-11,13H2. The molecule has 0 radical (unpaired) electrons. The molecule has 144 valence electrons. The Hall–Kier alpha value is -2.35. The van der Waals surface area contributed by atoms with E-state index in [9.17, 15) is 4.79 Å². The van der Waals surface area contributed by atoms with Crippen LogP contribution in [0, 0.1) is 5.92 Å². The summed E-state index contributed by atoms with van der Waals surface area (Å²) in [5.74, 6) is 1.75. The number of carbonyl (C=O) groups is 1. The van der Waals surface area contributed by atoms with E-state index in [1.54, 1.807) is 18.6 Å². The minimum atomic E-state index is 0.118. The quantitative estimate of drug-likeness (QED) is 0.770. The van der Waals surface area contributed by atoms with Crippen LogP contribution in [0.5, 0.6) is 0 Å². The van der Waals surface area contributed by atoms with E-state index >= 15 is 0 Å². The molecule has 0 spiro atoms. The normalized spacial score (nSPS) is 18.9. The molecule has 0 aromatic carbocycles. The Morgan fingerprint density at radius 3 is 2.74 bits per heavy atom. The van der Waals surface area contributed by atoms with Crippen molar-refractivity contribution in [3.05, 3.63) is 24.5 Å². The smallest absolute Gasteiger partial charge is 0.253 e. The molecule has 2 aromatic rings. The average molecular weight is 371 g/mol. The lowest BCUT2D eigenvalue weighted by Gasteiger charge is -2.32. The van der Waals surface area contributed by atoms with E-state index in [2.05, 4.69) is 20.1 Å². The fraction of sp³-hybridized carbons (Fsp3) is 0.632. The highest BCUT2D eigenvalue weighted by molar-refractivity contribution is 5.76. The summed E-state index contributed by atoms with van der Waals surface area (Å²) in [6.07, 6.45) is 12.3. The van der Waals surface area contributed by atoms with Gasteiger partial charge in [0.05, 0.1) is 12.3 Å². The Morgan fingerprint density at radius 1 is 1.19 bits per heavy atom. The molecular weight excluding hydrogens is 346 g/mol. The summed E-state index contributed by atoms with van der Waals surface area (Å²) in [6.45, 7) is 1.81. The van der Waals surface area contributed by atoms with Gasteiger partial charge < -0.3 is 14.2 Å². The number of rotatable bonds is 6. The van der Waals surface area contributed by atoms with Gasteiger partial charge in [-0.05, 0) is 31.6 Å². The first kappa shape index (κ1) is 18.0. The lowest BCUT2D eigenvalue weighted by Crippen LogP contribution is -2.41. The minimum Gasteiger partial charge on any atom is -0.368 e. The van der Waals surface area contributed by atoms with E-state index in [4.69, 9.17) is 9.26 Å². The molecule has 3 heterocycles. The van der Waals surface area contributed by atoms with Crippen molar-refractivity contribution in [2.24, 2.45) is 5.92 Å². The molecule has 1 saturated heterocycles. The number of hydrogen-bond donors (Lipinski definition) is 0. The first-order valence-electron chi connectivity index (χ1n) is 9.76. The van der Waals surface area contributed by atoms with Crippen LogP contribution >= 0.6 is 0 Å². The molecule has 2 fully saturated rings. The van der Waals surface area contributed by atoms with Crippen molar-refractivity contribution in [1.82, 2.24) is 25.0 Å². The predicted octanol–water partition coefficient (Wildman–Crippen LogP) is 2.61. The van der Waals surface area contributed by atoms with Crippen molar-refractivity contribution in [3.8, 4) is 11.5 Å². The van der Waals surface area contributed by atoms with E-state index in [-0.39, 0.29) is 12.7 Å². The maximum Gasteiger partial charge on any atom is 0.253 e.